The van der Waals surface area contributed by atoms with E-state index < -0.39 is 0 Å². The molecule has 10 heteroatoms. The van der Waals surface area contributed by atoms with Gasteiger partial charge in [0.25, 0.3) is 0 Å². The summed E-state index contributed by atoms with van der Waals surface area (Å²) in [5, 5.41) is 3.95. The number of carbonyl (C=O) groups is 2. The van der Waals surface area contributed by atoms with Gasteiger partial charge in [0.1, 0.15) is 12.4 Å². The Morgan fingerprint density at radius 1 is 1.03 bits per heavy atom. The van der Waals surface area contributed by atoms with Crippen LogP contribution in [0, 0.1) is 13.8 Å². The van der Waals surface area contributed by atoms with Crippen LogP contribution in [0.15, 0.2) is 28.8 Å². The number of amides is 2. The van der Waals surface area contributed by atoms with Crippen molar-refractivity contribution in [2.24, 2.45) is 0 Å². The van der Waals surface area contributed by atoms with E-state index in [4.69, 9.17) is 18.7 Å². The zero-order valence-corrected chi connectivity index (χ0v) is 21.2. The molecule has 2 fully saturated rings. The Morgan fingerprint density at radius 2 is 1.78 bits per heavy atom. The molecule has 1 aromatic carbocycles. The normalized spacial score (nSPS) is 17.0. The molecule has 2 aliphatic heterocycles. The van der Waals surface area contributed by atoms with Crippen molar-refractivity contribution >= 4 is 17.9 Å². The largest absolute Gasteiger partial charge is 0.493 e. The van der Waals surface area contributed by atoms with Gasteiger partial charge < -0.3 is 28.5 Å². The van der Waals surface area contributed by atoms with Gasteiger partial charge in [-0.05, 0) is 37.6 Å². The molecule has 2 aliphatic rings. The number of aryl methyl sites for hydroxylation is 2. The number of methoxy groups -OCH3 is 1. The summed E-state index contributed by atoms with van der Waals surface area (Å²) in [6, 6.07) is 5.54. The van der Waals surface area contributed by atoms with Gasteiger partial charge in [-0.25, -0.2) is 0 Å². The SMILES string of the molecule is COc1cc(C=CC(=O)N2CCN(CC(=O)N3CCOCC3)CC2)ccc1OCc1c(C)noc1C. The van der Waals surface area contributed by atoms with Crippen molar-refractivity contribution < 1.29 is 28.3 Å². The molecule has 0 spiro atoms. The van der Waals surface area contributed by atoms with Crippen molar-refractivity contribution in [3.63, 3.8) is 0 Å². The van der Waals surface area contributed by atoms with Gasteiger partial charge in [0.05, 0.1) is 38.1 Å². The molecule has 4 rings (SSSR count). The second kappa shape index (κ2) is 12.0. The van der Waals surface area contributed by atoms with Crippen molar-refractivity contribution in [3.8, 4) is 11.5 Å². The molecule has 2 saturated heterocycles. The molecule has 0 saturated carbocycles. The fourth-order valence-electron chi connectivity index (χ4n) is 4.27. The van der Waals surface area contributed by atoms with E-state index >= 15 is 0 Å². The molecule has 0 aliphatic carbocycles. The quantitative estimate of drug-likeness (QED) is 0.509. The number of carbonyl (C=O) groups excluding carboxylic acids is 2. The topological polar surface area (TPSA) is 97.6 Å². The molecule has 3 heterocycles. The Morgan fingerprint density at radius 3 is 2.44 bits per heavy atom. The van der Waals surface area contributed by atoms with Crippen LogP contribution in [0.2, 0.25) is 0 Å². The minimum atomic E-state index is -0.0492. The number of rotatable bonds is 8. The van der Waals surface area contributed by atoms with Crippen LogP contribution in [0.1, 0.15) is 22.6 Å². The summed E-state index contributed by atoms with van der Waals surface area (Å²) in [6.07, 6.45) is 3.35. The summed E-state index contributed by atoms with van der Waals surface area (Å²) in [5.41, 5.74) is 2.55. The maximum absolute atomic E-state index is 12.7. The van der Waals surface area contributed by atoms with Gasteiger partial charge in [0.2, 0.25) is 11.8 Å². The van der Waals surface area contributed by atoms with Crippen molar-refractivity contribution in [1.82, 2.24) is 19.9 Å². The first kappa shape index (κ1) is 25.7. The monoisotopic (exact) mass is 498 g/mol. The minimum Gasteiger partial charge on any atom is -0.493 e. The third-order valence-electron chi connectivity index (χ3n) is 6.57. The van der Waals surface area contributed by atoms with Crippen molar-refractivity contribution in [1.29, 1.82) is 0 Å². The van der Waals surface area contributed by atoms with E-state index in [0.717, 1.165) is 22.6 Å². The number of ether oxygens (including phenoxy) is 3. The lowest BCUT2D eigenvalue weighted by Crippen LogP contribution is -2.52. The van der Waals surface area contributed by atoms with Crippen LogP contribution < -0.4 is 9.47 Å². The molecular formula is C26H34N4O6. The first-order valence-corrected chi connectivity index (χ1v) is 12.2. The Kier molecular flexibility index (Phi) is 8.61. The first-order chi connectivity index (χ1) is 17.4. The molecule has 0 atom stereocenters. The van der Waals surface area contributed by atoms with Gasteiger partial charge in [-0.3, -0.25) is 14.5 Å². The Labute approximate surface area is 211 Å². The Hall–Kier alpha value is -3.37. The fourth-order valence-corrected chi connectivity index (χ4v) is 4.27. The number of hydrogen-bond acceptors (Lipinski definition) is 8. The molecule has 194 valence electrons. The summed E-state index contributed by atoms with van der Waals surface area (Å²) in [4.78, 5) is 31.0. The summed E-state index contributed by atoms with van der Waals surface area (Å²) in [5.74, 6) is 1.99. The van der Waals surface area contributed by atoms with Crippen LogP contribution in [-0.2, 0) is 20.9 Å². The first-order valence-electron chi connectivity index (χ1n) is 12.2. The molecular weight excluding hydrogens is 464 g/mol. The number of piperazine rings is 1. The molecule has 0 radical (unpaired) electrons. The number of morpholine rings is 1. The maximum Gasteiger partial charge on any atom is 0.246 e. The van der Waals surface area contributed by atoms with Gasteiger partial charge in [0.15, 0.2) is 11.5 Å². The highest BCUT2D eigenvalue weighted by molar-refractivity contribution is 5.92. The highest BCUT2D eigenvalue weighted by Crippen LogP contribution is 2.30. The molecule has 0 unspecified atom stereocenters. The molecule has 2 aromatic rings. The Bertz CT molecular complexity index is 1060. The lowest BCUT2D eigenvalue weighted by atomic mass is 10.1. The summed E-state index contributed by atoms with van der Waals surface area (Å²) in [7, 11) is 1.58. The average Bonchev–Trinajstić information content (AvgIpc) is 3.23. The third-order valence-corrected chi connectivity index (χ3v) is 6.57. The van der Waals surface area contributed by atoms with E-state index in [1.165, 1.54) is 0 Å². The van der Waals surface area contributed by atoms with Gasteiger partial charge >= 0.3 is 0 Å². The van der Waals surface area contributed by atoms with Crippen LogP contribution >= 0.6 is 0 Å². The number of hydrogen-bond donors (Lipinski definition) is 0. The lowest BCUT2D eigenvalue weighted by molar-refractivity contribution is -0.137. The summed E-state index contributed by atoms with van der Waals surface area (Å²) < 4.78 is 21.9. The van der Waals surface area contributed by atoms with E-state index in [2.05, 4.69) is 10.1 Å². The highest BCUT2D eigenvalue weighted by atomic mass is 16.5. The molecule has 1 aromatic heterocycles. The molecule has 0 N–H and O–H groups in total. The minimum absolute atomic E-state index is 0.0492. The van der Waals surface area contributed by atoms with Gasteiger partial charge in [-0.1, -0.05) is 11.2 Å². The van der Waals surface area contributed by atoms with Gasteiger partial charge in [0, 0.05) is 45.3 Å². The predicted molar refractivity (Wildman–Crippen MR) is 133 cm³/mol. The van der Waals surface area contributed by atoms with Crippen molar-refractivity contribution in [2.75, 3.05) is 66.1 Å². The van der Waals surface area contributed by atoms with E-state index in [0.29, 0.717) is 77.1 Å². The van der Waals surface area contributed by atoms with Gasteiger partial charge in [-0.2, -0.15) is 0 Å². The van der Waals surface area contributed by atoms with Crippen LogP contribution in [0.25, 0.3) is 6.08 Å². The standard InChI is InChI=1S/C26H34N4O6/c1-19-22(20(2)36-27-19)18-35-23-6-4-21(16-24(23)33-3)5-7-25(31)29-10-8-28(9-11-29)17-26(32)30-12-14-34-15-13-30/h4-7,16H,8-15,17-18H2,1-3H3. The third kappa shape index (κ3) is 6.44. The van der Waals surface area contributed by atoms with E-state index in [1.54, 1.807) is 19.3 Å². The van der Waals surface area contributed by atoms with Crippen LogP contribution in [0.4, 0.5) is 0 Å². The van der Waals surface area contributed by atoms with Crippen molar-refractivity contribution in [3.05, 3.63) is 46.9 Å². The number of nitrogens with zero attached hydrogens (tertiary/aromatic N) is 4. The predicted octanol–water partition coefficient (Wildman–Crippen LogP) is 1.90. The maximum atomic E-state index is 12.7. The molecule has 0 bridgehead atoms. The van der Waals surface area contributed by atoms with Crippen LogP contribution in [0.3, 0.4) is 0 Å². The zero-order valence-electron chi connectivity index (χ0n) is 21.2. The second-order valence-electron chi connectivity index (χ2n) is 8.93. The van der Waals surface area contributed by atoms with Crippen LogP contribution in [-0.4, -0.2) is 97.8 Å². The van der Waals surface area contributed by atoms with Crippen LogP contribution in [0.5, 0.6) is 11.5 Å². The fraction of sp³-hybridized carbons (Fsp3) is 0.500. The average molecular weight is 499 g/mol. The van der Waals surface area contributed by atoms with E-state index in [1.807, 2.05) is 41.8 Å². The molecule has 10 nitrogen and oxygen atoms in total. The van der Waals surface area contributed by atoms with Crippen molar-refractivity contribution in [2.45, 2.75) is 20.5 Å². The second-order valence-corrected chi connectivity index (χ2v) is 8.93. The lowest BCUT2D eigenvalue weighted by Gasteiger charge is -2.35. The van der Waals surface area contributed by atoms with E-state index in [-0.39, 0.29) is 11.8 Å². The van der Waals surface area contributed by atoms with E-state index in [9.17, 15) is 9.59 Å². The van der Waals surface area contributed by atoms with Gasteiger partial charge in [-0.15, -0.1) is 0 Å². The highest BCUT2D eigenvalue weighted by Gasteiger charge is 2.24. The smallest absolute Gasteiger partial charge is 0.246 e. The number of benzene rings is 1. The molecule has 2 amide bonds. The Balaban J connectivity index is 1.27. The number of aromatic nitrogens is 1. The zero-order chi connectivity index (χ0) is 25.5. The summed E-state index contributed by atoms with van der Waals surface area (Å²) >= 11 is 0. The summed E-state index contributed by atoms with van der Waals surface area (Å²) in [6.45, 7) is 9.51. The molecule has 36 heavy (non-hydrogen) atoms.